The third-order valence-corrected chi connectivity index (χ3v) is 15.9. The largest absolute Gasteiger partial charge is 0.397 e. The van der Waals surface area contributed by atoms with Gasteiger partial charge in [0.05, 0.1) is 49.8 Å². The van der Waals surface area contributed by atoms with E-state index in [9.17, 15) is 53.8 Å². The predicted molar refractivity (Wildman–Crippen MR) is 204 cm³/mol. The Bertz CT molecular complexity index is 1550. The maximum atomic E-state index is 12.8. The summed E-state index contributed by atoms with van der Waals surface area (Å²) in [6.45, 7) is 9.95. The predicted octanol–water partition coefficient (Wildman–Crippen LogP) is 0.432. The Morgan fingerprint density at radius 1 is 0.845 bits per heavy atom. The molecule has 18 heteroatoms. The minimum Gasteiger partial charge on any atom is -0.393 e. The van der Waals surface area contributed by atoms with E-state index in [0.29, 0.717) is 32.1 Å². The van der Waals surface area contributed by atoms with Gasteiger partial charge in [0.25, 0.3) is 0 Å². The first kappa shape index (κ1) is 46.6. The second-order valence-corrected chi connectivity index (χ2v) is 20.0. The molecule has 14 unspecified atom stereocenters. The lowest BCUT2D eigenvalue weighted by Gasteiger charge is -2.66. The molecule has 0 amide bonds. The molecule has 0 radical (unpaired) electrons. The minimum atomic E-state index is -4.98. The average Bonchev–Trinajstić information content (AvgIpc) is 3.42. The first-order valence-corrected chi connectivity index (χ1v) is 22.3. The highest BCUT2D eigenvalue weighted by Gasteiger charge is 2.72. The van der Waals surface area contributed by atoms with E-state index in [1.807, 2.05) is 13.0 Å². The number of ether oxygens (including phenoxy) is 5. The van der Waals surface area contributed by atoms with Gasteiger partial charge in [0.1, 0.15) is 36.6 Å². The molecule has 336 valence electrons. The van der Waals surface area contributed by atoms with E-state index < -0.39 is 118 Å². The van der Waals surface area contributed by atoms with Gasteiger partial charge in [-0.2, -0.15) is 8.42 Å². The van der Waals surface area contributed by atoms with Crippen LogP contribution in [0.2, 0.25) is 0 Å². The number of methoxy groups -OCH3 is 1. The standard InChI is InChI=1S/C40H68O17S/c1-19(2)21(11-14-53-36-34(32(47)26(44)17-54-36)56-37-33(52-6)31(46)25(43)18-55-37)8-7-20(3)22-15-24(42)35-38(22,4)13-10-28-39(5)12-9-23(41)30(45)29(39)27(16-40(28,35)48)57-58(49,50)51/h11,19-20,22-37,41-48H,7-10,12-18H2,1-6H3,(H,49,50,51)/b21-11+/t20?,22-,23+,24?,25?,26?,27?,28?,29?,30+,31?,32?,33?,34?,35?,36?,37?,38-,39-,40+/m1/s1. The van der Waals surface area contributed by atoms with Crippen molar-refractivity contribution in [3.63, 3.8) is 0 Å². The van der Waals surface area contributed by atoms with Crippen LogP contribution in [0.15, 0.2) is 11.6 Å². The summed E-state index contributed by atoms with van der Waals surface area (Å²) < 4.78 is 67.7. The Morgan fingerprint density at radius 2 is 1.47 bits per heavy atom. The molecule has 2 aliphatic heterocycles. The maximum Gasteiger partial charge on any atom is 0.397 e. The van der Waals surface area contributed by atoms with E-state index in [2.05, 4.69) is 27.7 Å². The molecule has 0 aromatic heterocycles. The molecule has 17 nitrogen and oxygen atoms in total. The van der Waals surface area contributed by atoms with Crippen molar-refractivity contribution in [2.45, 2.75) is 165 Å². The summed E-state index contributed by atoms with van der Waals surface area (Å²) >= 11 is 0. The van der Waals surface area contributed by atoms with Crippen molar-refractivity contribution in [3.05, 3.63) is 11.6 Å². The van der Waals surface area contributed by atoms with Gasteiger partial charge in [0, 0.05) is 25.4 Å². The highest BCUT2D eigenvalue weighted by Crippen LogP contribution is 2.70. The number of aliphatic hydroxyl groups is 8. The van der Waals surface area contributed by atoms with Crippen LogP contribution in [0.1, 0.15) is 86.0 Å². The molecular weight excluding hydrogens is 784 g/mol. The van der Waals surface area contributed by atoms with Gasteiger partial charge in [-0.05, 0) is 79.4 Å². The van der Waals surface area contributed by atoms with Crippen molar-refractivity contribution in [2.24, 2.45) is 46.3 Å². The monoisotopic (exact) mass is 852 g/mol. The van der Waals surface area contributed by atoms with Gasteiger partial charge >= 0.3 is 10.4 Å². The van der Waals surface area contributed by atoms with Gasteiger partial charge in [0.15, 0.2) is 12.6 Å². The van der Waals surface area contributed by atoms with Crippen molar-refractivity contribution in [2.75, 3.05) is 26.9 Å². The molecule has 4 aliphatic carbocycles. The Balaban J connectivity index is 1.13. The third-order valence-electron chi connectivity index (χ3n) is 15.4. The summed E-state index contributed by atoms with van der Waals surface area (Å²) in [6, 6.07) is 0. The topological polar surface area (TPSA) is 272 Å². The van der Waals surface area contributed by atoms with E-state index >= 15 is 0 Å². The summed E-state index contributed by atoms with van der Waals surface area (Å²) in [5, 5.41) is 88.1. The minimum absolute atomic E-state index is 0.00593. The van der Waals surface area contributed by atoms with E-state index in [-0.39, 0.29) is 50.4 Å². The lowest BCUT2D eigenvalue weighted by Crippen LogP contribution is -2.71. The summed E-state index contributed by atoms with van der Waals surface area (Å²) in [4.78, 5) is 0. The molecule has 2 saturated heterocycles. The molecule has 9 N–H and O–H groups in total. The zero-order valence-electron chi connectivity index (χ0n) is 34.4. The molecule has 20 atom stereocenters. The van der Waals surface area contributed by atoms with Gasteiger partial charge in [-0.15, -0.1) is 0 Å². The van der Waals surface area contributed by atoms with Crippen LogP contribution in [-0.4, -0.2) is 160 Å². The molecule has 6 rings (SSSR count). The smallest absolute Gasteiger partial charge is 0.393 e. The molecule has 6 aliphatic rings. The maximum absolute atomic E-state index is 12.8. The second-order valence-electron chi connectivity index (χ2n) is 19.0. The highest BCUT2D eigenvalue weighted by atomic mass is 32.3. The Morgan fingerprint density at radius 3 is 2.09 bits per heavy atom. The molecule has 0 aromatic carbocycles. The van der Waals surface area contributed by atoms with Crippen LogP contribution in [0.4, 0.5) is 0 Å². The van der Waals surface area contributed by atoms with Gasteiger partial charge in [-0.1, -0.05) is 46.3 Å². The van der Waals surface area contributed by atoms with Crippen molar-refractivity contribution < 1.29 is 81.7 Å². The van der Waals surface area contributed by atoms with Crippen LogP contribution in [0.25, 0.3) is 0 Å². The van der Waals surface area contributed by atoms with Gasteiger partial charge in [-0.3, -0.25) is 4.55 Å². The summed E-state index contributed by atoms with van der Waals surface area (Å²) in [5.41, 5.74) is -1.82. The fourth-order valence-electron chi connectivity index (χ4n) is 12.5. The molecule has 0 bridgehead atoms. The molecule has 2 heterocycles. The number of hydrogen-bond acceptors (Lipinski definition) is 16. The number of fused-ring (bicyclic) bond motifs is 5. The van der Waals surface area contributed by atoms with Gasteiger partial charge in [0.2, 0.25) is 0 Å². The number of hydrogen-bond donors (Lipinski definition) is 9. The zero-order chi connectivity index (χ0) is 42.7. The first-order chi connectivity index (χ1) is 27.1. The van der Waals surface area contributed by atoms with Crippen molar-refractivity contribution >= 4 is 10.4 Å². The SMILES string of the molecule is COC1C(OC2C(OC/C=C(\CCC(C)[C@H]3CC(O)C4[C@]5(O)CC(OS(=O)(=O)O)C6[C@@H](O)[C@@H](O)CC[C@]6(C)C5CC[C@@]43C)C(C)C)OCC(O)C2O)OCC(O)C1O. The third kappa shape index (κ3) is 8.70. The number of aliphatic hydroxyl groups excluding tert-OH is 7. The van der Waals surface area contributed by atoms with Crippen molar-refractivity contribution in [1.29, 1.82) is 0 Å². The zero-order valence-corrected chi connectivity index (χ0v) is 35.3. The average molecular weight is 853 g/mol. The fraction of sp³-hybridized carbons (Fsp3) is 0.950. The molecule has 0 aromatic rings. The highest BCUT2D eigenvalue weighted by molar-refractivity contribution is 7.80. The van der Waals surface area contributed by atoms with E-state index in [1.165, 1.54) is 7.11 Å². The van der Waals surface area contributed by atoms with Gasteiger partial charge < -0.3 is 64.5 Å². The summed E-state index contributed by atoms with van der Waals surface area (Å²) in [5.74, 6) is -1.65. The molecule has 0 spiro atoms. The number of allylic oxidation sites excluding steroid dienone is 1. The van der Waals surface area contributed by atoms with Crippen molar-refractivity contribution in [1.82, 2.24) is 0 Å². The molecule has 4 saturated carbocycles. The van der Waals surface area contributed by atoms with Crippen LogP contribution in [0.5, 0.6) is 0 Å². The van der Waals surface area contributed by atoms with E-state index in [0.717, 1.165) is 12.0 Å². The van der Waals surface area contributed by atoms with E-state index in [1.54, 1.807) is 0 Å². The van der Waals surface area contributed by atoms with Crippen LogP contribution in [0.3, 0.4) is 0 Å². The lowest BCUT2D eigenvalue weighted by atomic mass is 9.41. The Hall–Kier alpha value is -0.910. The summed E-state index contributed by atoms with van der Waals surface area (Å²) in [7, 11) is -3.65. The first-order valence-electron chi connectivity index (χ1n) is 20.9. The Kier molecular flexibility index (Phi) is 14.2. The Labute approximate surface area is 341 Å². The fourth-order valence-corrected chi connectivity index (χ4v) is 13.0. The summed E-state index contributed by atoms with van der Waals surface area (Å²) in [6.07, 6.45) is -8.79. The van der Waals surface area contributed by atoms with Gasteiger partial charge in [-0.25, -0.2) is 4.18 Å². The lowest BCUT2D eigenvalue weighted by molar-refractivity contribution is -0.344. The van der Waals surface area contributed by atoms with Crippen LogP contribution in [-0.2, 0) is 38.3 Å². The quantitative estimate of drug-likeness (QED) is 0.0898. The van der Waals surface area contributed by atoms with Crippen molar-refractivity contribution in [3.8, 4) is 0 Å². The van der Waals surface area contributed by atoms with Crippen LogP contribution >= 0.6 is 0 Å². The number of rotatable bonds is 13. The molecule has 6 fully saturated rings. The molecular formula is C40H68O17S. The second kappa shape index (κ2) is 17.7. The molecule has 58 heavy (non-hydrogen) atoms. The normalized spacial score (nSPS) is 49.3. The van der Waals surface area contributed by atoms with Crippen LogP contribution in [0, 0.1) is 46.3 Å². The van der Waals surface area contributed by atoms with E-state index in [4.69, 9.17) is 27.9 Å². The van der Waals surface area contributed by atoms with Crippen LogP contribution < -0.4 is 0 Å².